The van der Waals surface area contributed by atoms with Crippen LogP contribution in [0.5, 0.6) is 0 Å². The molecule has 1 aromatic heterocycles. The number of carbonyl (C=O) groups excluding carboxylic acids is 1. The van der Waals surface area contributed by atoms with Gasteiger partial charge in [-0.05, 0) is 0 Å². The minimum absolute atomic E-state index is 0.239. The molecule has 1 N–H and O–H groups in total. The van der Waals surface area contributed by atoms with Gasteiger partial charge in [0.25, 0.3) is 0 Å². The highest BCUT2D eigenvalue weighted by Crippen LogP contribution is 2.20. The maximum Gasteiger partial charge on any atom is 0.237 e. The molecule has 2 rings (SSSR count). The van der Waals surface area contributed by atoms with Crippen LogP contribution in [0.2, 0.25) is 0 Å². The van der Waals surface area contributed by atoms with Gasteiger partial charge in [-0.15, -0.1) is 0 Å². The SMILES string of the molecule is COCc1nc2c(o1)CCN(C(=O)CNS(C)(=O)=O)C2. The third kappa shape index (κ3) is 3.78. The molecular weight excluding hydrogens is 286 g/mol. The third-order valence-electron chi connectivity index (χ3n) is 2.88. The summed E-state index contributed by atoms with van der Waals surface area (Å²) in [5.74, 6) is 0.968. The number of rotatable bonds is 5. The zero-order valence-electron chi connectivity index (χ0n) is 11.4. The van der Waals surface area contributed by atoms with Crippen LogP contribution in [0.15, 0.2) is 4.42 Å². The second-order valence-electron chi connectivity index (χ2n) is 4.57. The number of nitrogens with zero attached hydrogens (tertiary/aromatic N) is 2. The molecule has 0 bridgehead atoms. The van der Waals surface area contributed by atoms with Gasteiger partial charge in [-0.2, -0.15) is 0 Å². The van der Waals surface area contributed by atoms with Gasteiger partial charge in [-0.3, -0.25) is 4.79 Å². The standard InChI is InChI=1S/C11H17N3O5S/c1-18-7-10-13-8-6-14(4-3-9(8)19-10)11(15)5-12-20(2,16)17/h12H,3-7H2,1-2H3. The molecule has 0 aromatic carbocycles. The highest BCUT2D eigenvalue weighted by Gasteiger charge is 2.25. The molecule has 20 heavy (non-hydrogen) atoms. The van der Waals surface area contributed by atoms with E-state index in [1.807, 2.05) is 0 Å². The Hall–Kier alpha value is -1.45. The number of oxazole rings is 1. The Morgan fingerprint density at radius 1 is 1.55 bits per heavy atom. The molecule has 0 atom stereocenters. The van der Waals surface area contributed by atoms with Crippen molar-refractivity contribution < 1.29 is 22.4 Å². The second kappa shape index (κ2) is 5.90. The lowest BCUT2D eigenvalue weighted by molar-refractivity contribution is -0.130. The van der Waals surface area contributed by atoms with Crippen molar-refractivity contribution in [2.75, 3.05) is 26.5 Å². The van der Waals surface area contributed by atoms with E-state index in [9.17, 15) is 13.2 Å². The van der Waals surface area contributed by atoms with Crippen LogP contribution in [0.25, 0.3) is 0 Å². The first-order valence-electron chi connectivity index (χ1n) is 6.08. The summed E-state index contributed by atoms with van der Waals surface area (Å²) in [7, 11) is -1.82. The molecule has 1 aromatic rings. The lowest BCUT2D eigenvalue weighted by atomic mass is 10.1. The Morgan fingerprint density at radius 2 is 2.30 bits per heavy atom. The van der Waals surface area contributed by atoms with Crippen LogP contribution in [-0.4, -0.2) is 50.7 Å². The Balaban J connectivity index is 1.98. The minimum atomic E-state index is -3.37. The van der Waals surface area contributed by atoms with Gasteiger partial charge in [0.1, 0.15) is 18.1 Å². The van der Waals surface area contributed by atoms with Crippen molar-refractivity contribution in [3.63, 3.8) is 0 Å². The number of ether oxygens (including phenoxy) is 1. The molecule has 8 nitrogen and oxygen atoms in total. The van der Waals surface area contributed by atoms with Crippen molar-refractivity contribution in [2.45, 2.75) is 19.6 Å². The summed E-state index contributed by atoms with van der Waals surface area (Å²) in [6.07, 6.45) is 1.58. The highest BCUT2D eigenvalue weighted by atomic mass is 32.2. The smallest absolute Gasteiger partial charge is 0.237 e. The predicted octanol–water partition coefficient (Wildman–Crippen LogP) is -0.745. The van der Waals surface area contributed by atoms with Crippen LogP contribution >= 0.6 is 0 Å². The van der Waals surface area contributed by atoms with Gasteiger partial charge < -0.3 is 14.1 Å². The number of aromatic nitrogens is 1. The second-order valence-corrected chi connectivity index (χ2v) is 6.40. The fourth-order valence-corrected chi connectivity index (χ4v) is 2.34. The van der Waals surface area contributed by atoms with Crippen molar-refractivity contribution in [2.24, 2.45) is 0 Å². The molecule has 0 fully saturated rings. The fraction of sp³-hybridized carbons (Fsp3) is 0.636. The van der Waals surface area contributed by atoms with Gasteiger partial charge in [0, 0.05) is 20.1 Å². The fourth-order valence-electron chi connectivity index (χ4n) is 1.95. The van der Waals surface area contributed by atoms with E-state index in [0.29, 0.717) is 31.1 Å². The number of hydrogen-bond donors (Lipinski definition) is 1. The van der Waals surface area contributed by atoms with Crippen LogP contribution in [0.4, 0.5) is 0 Å². The summed E-state index contributed by atoms with van der Waals surface area (Å²) in [4.78, 5) is 17.7. The molecule has 1 aliphatic heterocycles. The molecular formula is C11H17N3O5S. The van der Waals surface area contributed by atoms with Crippen molar-refractivity contribution in [1.29, 1.82) is 0 Å². The van der Waals surface area contributed by atoms with Crippen LogP contribution in [-0.2, 0) is 39.1 Å². The first-order valence-corrected chi connectivity index (χ1v) is 7.97. The molecule has 0 unspecified atom stereocenters. The zero-order valence-corrected chi connectivity index (χ0v) is 12.2. The number of methoxy groups -OCH3 is 1. The van der Waals surface area contributed by atoms with Crippen LogP contribution in [0, 0.1) is 0 Å². The lowest BCUT2D eigenvalue weighted by Crippen LogP contribution is -2.42. The number of nitrogens with one attached hydrogen (secondary N) is 1. The summed E-state index contributed by atoms with van der Waals surface area (Å²) >= 11 is 0. The summed E-state index contributed by atoms with van der Waals surface area (Å²) in [6, 6.07) is 0. The highest BCUT2D eigenvalue weighted by molar-refractivity contribution is 7.88. The summed E-state index contributed by atoms with van der Waals surface area (Å²) < 4.78 is 34.6. The largest absolute Gasteiger partial charge is 0.443 e. The van der Waals surface area contributed by atoms with E-state index < -0.39 is 10.0 Å². The Labute approximate surface area is 117 Å². The summed E-state index contributed by atoms with van der Waals surface area (Å²) in [6.45, 7) is 0.860. The molecule has 1 amide bonds. The lowest BCUT2D eigenvalue weighted by Gasteiger charge is -2.25. The maximum absolute atomic E-state index is 11.9. The summed E-state index contributed by atoms with van der Waals surface area (Å²) in [5, 5.41) is 0. The minimum Gasteiger partial charge on any atom is -0.443 e. The van der Waals surface area contributed by atoms with Crippen molar-refractivity contribution in [3.8, 4) is 0 Å². The normalized spacial score (nSPS) is 15.2. The number of hydrogen-bond acceptors (Lipinski definition) is 6. The van der Waals surface area contributed by atoms with Gasteiger partial charge >= 0.3 is 0 Å². The summed E-state index contributed by atoms with van der Waals surface area (Å²) in [5.41, 5.74) is 0.705. The van der Waals surface area contributed by atoms with E-state index in [-0.39, 0.29) is 19.1 Å². The predicted molar refractivity (Wildman–Crippen MR) is 69.2 cm³/mol. The van der Waals surface area contributed by atoms with Gasteiger partial charge in [0.2, 0.25) is 21.8 Å². The Morgan fingerprint density at radius 3 is 2.95 bits per heavy atom. The van der Waals surface area contributed by atoms with Crippen LogP contribution < -0.4 is 4.72 Å². The zero-order chi connectivity index (χ0) is 14.8. The first kappa shape index (κ1) is 14.9. The molecule has 0 spiro atoms. The van der Waals surface area contributed by atoms with Crippen LogP contribution in [0.3, 0.4) is 0 Å². The number of sulfonamides is 1. The molecule has 0 aliphatic carbocycles. The Bertz CT molecular complexity index is 595. The van der Waals surface area contributed by atoms with Gasteiger partial charge in [-0.1, -0.05) is 0 Å². The quantitative estimate of drug-likeness (QED) is 0.768. The molecule has 0 saturated heterocycles. The molecule has 0 radical (unpaired) electrons. The van der Waals surface area contributed by atoms with Crippen molar-refractivity contribution in [3.05, 3.63) is 17.3 Å². The average Bonchev–Trinajstić information content (AvgIpc) is 2.76. The van der Waals surface area contributed by atoms with Crippen molar-refractivity contribution >= 4 is 15.9 Å². The Kier molecular flexibility index (Phi) is 4.41. The number of carbonyl (C=O) groups is 1. The van der Waals surface area contributed by atoms with Gasteiger partial charge in [-0.25, -0.2) is 18.1 Å². The molecule has 1 aliphatic rings. The third-order valence-corrected chi connectivity index (χ3v) is 3.55. The monoisotopic (exact) mass is 303 g/mol. The first-order chi connectivity index (χ1) is 9.39. The van der Waals surface area contributed by atoms with Gasteiger partial charge in [0.15, 0.2) is 0 Å². The number of amides is 1. The van der Waals surface area contributed by atoms with E-state index >= 15 is 0 Å². The van der Waals surface area contributed by atoms with E-state index in [4.69, 9.17) is 9.15 Å². The molecule has 2 heterocycles. The molecule has 112 valence electrons. The number of fused-ring (bicyclic) bond motifs is 1. The van der Waals surface area contributed by atoms with E-state index in [2.05, 4.69) is 9.71 Å². The van der Waals surface area contributed by atoms with E-state index in [0.717, 1.165) is 12.0 Å². The average molecular weight is 303 g/mol. The van der Waals surface area contributed by atoms with E-state index in [1.165, 1.54) is 0 Å². The molecule has 9 heteroatoms. The van der Waals surface area contributed by atoms with Gasteiger partial charge in [0.05, 0.1) is 19.3 Å². The van der Waals surface area contributed by atoms with E-state index in [1.54, 1.807) is 12.0 Å². The van der Waals surface area contributed by atoms with Crippen molar-refractivity contribution in [1.82, 2.24) is 14.6 Å². The van der Waals surface area contributed by atoms with Crippen LogP contribution in [0.1, 0.15) is 17.3 Å². The molecule has 0 saturated carbocycles. The maximum atomic E-state index is 11.9. The topological polar surface area (TPSA) is 102 Å².